The van der Waals surface area contributed by atoms with E-state index in [9.17, 15) is 4.79 Å². The number of hydrogen-bond acceptors (Lipinski definition) is 3. The van der Waals surface area contributed by atoms with E-state index in [-0.39, 0.29) is 12.4 Å². The van der Waals surface area contributed by atoms with E-state index >= 15 is 0 Å². The highest BCUT2D eigenvalue weighted by atomic mass is 35.5. The number of nitrogens with one attached hydrogen (secondary N) is 1. The summed E-state index contributed by atoms with van der Waals surface area (Å²) < 4.78 is 0. The fourth-order valence-corrected chi connectivity index (χ4v) is 5.12. The summed E-state index contributed by atoms with van der Waals surface area (Å²) >= 11 is 2.11. The highest BCUT2D eigenvalue weighted by Crippen LogP contribution is 2.36. The number of hydrogen-bond donors (Lipinski definition) is 1. The van der Waals surface area contributed by atoms with Gasteiger partial charge in [-0.1, -0.05) is 12.8 Å². The van der Waals surface area contributed by atoms with Crippen molar-refractivity contribution in [2.45, 2.75) is 49.8 Å². The summed E-state index contributed by atoms with van der Waals surface area (Å²) in [6, 6.07) is 0.555. The minimum absolute atomic E-state index is 0. The predicted octanol–water partition coefficient (Wildman–Crippen LogP) is 2.29. The molecule has 0 aromatic heterocycles. The van der Waals surface area contributed by atoms with Gasteiger partial charge in [0.15, 0.2) is 0 Å². The van der Waals surface area contributed by atoms with Crippen LogP contribution < -0.4 is 5.32 Å². The summed E-state index contributed by atoms with van der Waals surface area (Å²) in [5, 5.41) is 4.09. The Kier molecular flexibility index (Phi) is 5.85. The molecule has 1 aliphatic carbocycles. The van der Waals surface area contributed by atoms with E-state index < -0.39 is 0 Å². The van der Waals surface area contributed by atoms with Crippen LogP contribution in [0.25, 0.3) is 0 Å². The van der Waals surface area contributed by atoms with Crippen molar-refractivity contribution < 1.29 is 4.79 Å². The van der Waals surface area contributed by atoms with Crippen molar-refractivity contribution in [2.75, 3.05) is 25.4 Å². The molecule has 2 atom stereocenters. The summed E-state index contributed by atoms with van der Waals surface area (Å²) in [4.78, 5) is 15.0. The standard InChI is InChI=1S/C14H24N2OS.ClH/c17-14(11-5-7-15-8-6-11)16-9-10-18-13-4-2-1-3-12(13)16;/h11-13,15H,1-10H2;1H. The first-order valence-corrected chi connectivity index (χ1v) is 8.54. The number of fused-ring (bicyclic) bond motifs is 1. The number of carbonyl (C=O) groups is 1. The average Bonchev–Trinajstić information content (AvgIpc) is 2.47. The number of piperidine rings is 1. The molecule has 2 saturated heterocycles. The van der Waals surface area contributed by atoms with Crippen LogP contribution in [-0.2, 0) is 4.79 Å². The third-order valence-corrected chi connectivity index (χ3v) is 6.10. The Bertz CT molecular complexity index is 308. The van der Waals surface area contributed by atoms with E-state index in [0.29, 0.717) is 17.9 Å². The minimum atomic E-state index is 0. The molecule has 3 fully saturated rings. The van der Waals surface area contributed by atoms with E-state index in [1.807, 2.05) is 0 Å². The van der Waals surface area contributed by atoms with Gasteiger partial charge < -0.3 is 10.2 Å². The molecule has 19 heavy (non-hydrogen) atoms. The smallest absolute Gasteiger partial charge is 0.226 e. The number of rotatable bonds is 1. The van der Waals surface area contributed by atoms with Gasteiger partial charge in [-0.3, -0.25) is 4.79 Å². The zero-order valence-corrected chi connectivity index (χ0v) is 13.1. The maximum absolute atomic E-state index is 12.7. The highest BCUT2D eigenvalue weighted by Gasteiger charge is 2.38. The van der Waals surface area contributed by atoms with Gasteiger partial charge in [-0.25, -0.2) is 0 Å². The Balaban J connectivity index is 0.00000133. The molecule has 1 amide bonds. The zero-order valence-electron chi connectivity index (χ0n) is 11.5. The second kappa shape index (κ2) is 7.19. The molecule has 2 unspecified atom stereocenters. The number of thioether (sulfide) groups is 1. The number of carbonyl (C=O) groups excluding carboxylic acids is 1. The predicted molar refractivity (Wildman–Crippen MR) is 83.1 cm³/mol. The SMILES string of the molecule is Cl.O=C(C1CCNCC1)N1CCSC2CCCCC21. The second-order valence-corrected chi connectivity index (χ2v) is 7.16. The van der Waals surface area contributed by atoms with Gasteiger partial charge in [0.25, 0.3) is 0 Å². The molecule has 110 valence electrons. The maximum atomic E-state index is 12.7. The van der Waals surface area contributed by atoms with Crippen molar-refractivity contribution in [1.29, 1.82) is 0 Å². The third kappa shape index (κ3) is 3.40. The molecule has 0 aromatic rings. The van der Waals surface area contributed by atoms with Gasteiger partial charge in [0.05, 0.1) is 0 Å². The van der Waals surface area contributed by atoms with Crippen LogP contribution in [0.15, 0.2) is 0 Å². The molecule has 1 saturated carbocycles. The summed E-state index contributed by atoms with van der Waals surface area (Å²) in [5.41, 5.74) is 0. The Hall–Kier alpha value is 0.0700. The Morgan fingerprint density at radius 3 is 2.63 bits per heavy atom. The first-order chi connectivity index (χ1) is 8.86. The van der Waals surface area contributed by atoms with E-state index in [0.717, 1.165) is 43.5 Å². The van der Waals surface area contributed by atoms with Crippen molar-refractivity contribution in [3.8, 4) is 0 Å². The van der Waals surface area contributed by atoms with Crippen LogP contribution in [0.3, 0.4) is 0 Å². The summed E-state index contributed by atoms with van der Waals surface area (Å²) in [6.45, 7) is 3.04. The van der Waals surface area contributed by atoms with Crippen molar-refractivity contribution in [2.24, 2.45) is 5.92 Å². The number of amides is 1. The van der Waals surface area contributed by atoms with Gasteiger partial charge >= 0.3 is 0 Å². The lowest BCUT2D eigenvalue weighted by atomic mass is 9.90. The molecule has 0 radical (unpaired) electrons. The van der Waals surface area contributed by atoms with Crippen molar-refractivity contribution in [1.82, 2.24) is 10.2 Å². The van der Waals surface area contributed by atoms with Gasteiger partial charge in [-0.2, -0.15) is 11.8 Å². The molecule has 2 aliphatic heterocycles. The van der Waals surface area contributed by atoms with E-state index in [2.05, 4.69) is 22.0 Å². The van der Waals surface area contributed by atoms with Crippen LogP contribution in [0, 0.1) is 5.92 Å². The van der Waals surface area contributed by atoms with Gasteiger partial charge in [0.1, 0.15) is 0 Å². The Labute approximate surface area is 126 Å². The molecule has 3 nitrogen and oxygen atoms in total. The van der Waals surface area contributed by atoms with Crippen LogP contribution in [0.5, 0.6) is 0 Å². The third-order valence-electron chi connectivity index (χ3n) is 4.70. The monoisotopic (exact) mass is 304 g/mol. The van der Waals surface area contributed by atoms with Gasteiger partial charge in [-0.15, -0.1) is 12.4 Å². The summed E-state index contributed by atoms with van der Waals surface area (Å²) in [7, 11) is 0. The van der Waals surface area contributed by atoms with Gasteiger partial charge in [0.2, 0.25) is 5.91 Å². The Morgan fingerprint density at radius 1 is 1.11 bits per heavy atom. The zero-order chi connectivity index (χ0) is 12.4. The summed E-state index contributed by atoms with van der Waals surface area (Å²) in [6.07, 6.45) is 7.33. The largest absolute Gasteiger partial charge is 0.338 e. The van der Waals surface area contributed by atoms with Crippen LogP contribution in [0.2, 0.25) is 0 Å². The highest BCUT2D eigenvalue weighted by molar-refractivity contribution is 8.00. The second-order valence-electron chi connectivity index (χ2n) is 5.82. The quantitative estimate of drug-likeness (QED) is 0.807. The van der Waals surface area contributed by atoms with Crippen molar-refractivity contribution in [3.63, 3.8) is 0 Å². The van der Waals surface area contributed by atoms with Gasteiger partial charge in [-0.05, 0) is 38.8 Å². The van der Waals surface area contributed by atoms with E-state index in [1.54, 1.807) is 0 Å². The van der Waals surface area contributed by atoms with Gasteiger partial charge in [0, 0.05) is 29.5 Å². The molecule has 3 rings (SSSR count). The molecular formula is C14H25ClN2OS. The molecule has 1 N–H and O–H groups in total. The maximum Gasteiger partial charge on any atom is 0.226 e. The average molecular weight is 305 g/mol. The van der Waals surface area contributed by atoms with E-state index in [1.165, 1.54) is 25.7 Å². The fraction of sp³-hybridized carbons (Fsp3) is 0.929. The first-order valence-electron chi connectivity index (χ1n) is 7.49. The van der Waals surface area contributed by atoms with E-state index in [4.69, 9.17) is 0 Å². The van der Waals surface area contributed by atoms with Crippen LogP contribution in [0.1, 0.15) is 38.5 Å². The molecule has 2 heterocycles. The molecular weight excluding hydrogens is 280 g/mol. The topological polar surface area (TPSA) is 32.3 Å². The fourth-order valence-electron chi connectivity index (χ4n) is 3.67. The Morgan fingerprint density at radius 2 is 1.84 bits per heavy atom. The molecule has 0 spiro atoms. The van der Waals surface area contributed by atoms with Crippen molar-refractivity contribution >= 4 is 30.1 Å². The number of nitrogens with zero attached hydrogens (tertiary/aromatic N) is 1. The lowest BCUT2D eigenvalue weighted by Crippen LogP contribution is -2.54. The first kappa shape index (κ1) is 15.5. The van der Waals surface area contributed by atoms with Crippen LogP contribution in [-0.4, -0.2) is 47.5 Å². The molecule has 0 aromatic carbocycles. The van der Waals surface area contributed by atoms with Crippen LogP contribution in [0.4, 0.5) is 0 Å². The molecule has 3 aliphatic rings. The lowest BCUT2D eigenvalue weighted by molar-refractivity contribution is -0.139. The molecule has 5 heteroatoms. The number of halogens is 1. The van der Waals surface area contributed by atoms with Crippen LogP contribution >= 0.6 is 24.2 Å². The van der Waals surface area contributed by atoms with Crippen molar-refractivity contribution in [3.05, 3.63) is 0 Å². The summed E-state index contributed by atoms with van der Waals surface area (Å²) in [5.74, 6) is 1.92. The lowest BCUT2D eigenvalue weighted by Gasteiger charge is -2.45. The molecule has 0 bridgehead atoms. The minimum Gasteiger partial charge on any atom is -0.338 e. The normalized spacial score (nSPS) is 32.3.